The number of halogens is 1. The first kappa shape index (κ1) is 21.8. The smallest absolute Gasteiger partial charge is 0.265 e. The average molecular weight is 477 g/mol. The molecule has 4 rings (SSSR count). The van der Waals surface area contributed by atoms with E-state index in [9.17, 15) is 13.2 Å². The third kappa shape index (κ3) is 4.93. The Kier molecular flexibility index (Phi) is 6.34. The fraction of sp³-hybridized carbons (Fsp3) is 0.227. The summed E-state index contributed by atoms with van der Waals surface area (Å²) in [6.45, 7) is 3.02. The number of amides is 1. The van der Waals surface area contributed by atoms with Crippen LogP contribution in [0.4, 0.5) is 5.69 Å². The van der Waals surface area contributed by atoms with Crippen LogP contribution in [0.5, 0.6) is 0 Å². The maximum absolute atomic E-state index is 13.2. The first-order valence-electron chi connectivity index (χ1n) is 9.67. The van der Waals surface area contributed by atoms with Gasteiger partial charge in [-0.2, -0.15) is 0 Å². The fourth-order valence-electron chi connectivity index (χ4n) is 3.35. The lowest BCUT2D eigenvalue weighted by Gasteiger charge is -2.33. The van der Waals surface area contributed by atoms with Gasteiger partial charge in [0.2, 0.25) is 0 Å². The van der Waals surface area contributed by atoms with Crippen LogP contribution < -0.4 is 4.72 Å². The molecular weight excluding hydrogens is 456 g/mol. The molecule has 0 saturated carbocycles. The zero-order valence-corrected chi connectivity index (χ0v) is 19.1. The quantitative estimate of drug-likeness (QED) is 0.578. The van der Waals surface area contributed by atoms with Crippen LogP contribution in [0.2, 0.25) is 5.02 Å². The highest BCUT2D eigenvalue weighted by Gasteiger charge is 2.31. The molecule has 6 nitrogen and oxygen atoms in total. The molecule has 3 aromatic rings. The number of carbonyl (C=O) groups excluding carboxylic acids is 1. The van der Waals surface area contributed by atoms with E-state index < -0.39 is 10.0 Å². The number of morpholine rings is 1. The van der Waals surface area contributed by atoms with Crippen molar-refractivity contribution in [2.45, 2.75) is 17.9 Å². The number of hydrogen-bond donors (Lipinski definition) is 1. The lowest BCUT2D eigenvalue weighted by Crippen LogP contribution is -2.42. The highest BCUT2D eigenvalue weighted by atomic mass is 35.5. The molecule has 1 fully saturated rings. The van der Waals surface area contributed by atoms with Gasteiger partial charge in [0.05, 0.1) is 13.2 Å². The van der Waals surface area contributed by atoms with E-state index >= 15 is 0 Å². The van der Waals surface area contributed by atoms with Crippen molar-refractivity contribution in [3.8, 4) is 0 Å². The minimum Gasteiger partial charge on any atom is -0.370 e. The summed E-state index contributed by atoms with van der Waals surface area (Å²) in [5.41, 5.74) is 2.39. The molecule has 0 aliphatic carbocycles. The molecule has 9 heteroatoms. The SMILES string of the molecule is Cc1ccc(NS(=O)(=O)c2ccsc2C(=O)N2CCOC(c3ccc(Cl)cc3)C2)cc1. The van der Waals surface area contributed by atoms with E-state index in [-0.39, 0.29) is 21.8 Å². The number of thiophene rings is 1. The third-order valence-corrected chi connectivity index (χ3v) is 7.72. The summed E-state index contributed by atoms with van der Waals surface area (Å²) in [6, 6.07) is 15.8. The van der Waals surface area contributed by atoms with Crippen LogP contribution in [0.1, 0.15) is 26.9 Å². The number of rotatable bonds is 5. The van der Waals surface area contributed by atoms with Crippen LogP contribution in [-0.2, 0) is 14.8 Å². The lowest BCUT2D eigenvalue weighted by molar-refractivity contribution is -0.0227. The minimum absolute atomic E-state index is 0.0161. The summed E-state index contributed by atoms with van der Waals surface area (Å²) in [7, 11) is -3.90. The van der Waals surface area contributed by atoms with E-state index in [1.165, 1.54) is 6.07 Å². The fourth-order valence-corrected chi connectivity index (χ4v) is 5.93. The maximum atomic E-state index is 13.2. The molecule has 1 amide bonds. The summed E-state index contributed by atoms with van der Waals surface area (Å²) in [6.07, 6.45) is -0.291. The second-order valence-electron chi connectivity index (χ2n) is 7.25. The molecule has 1 aromatic heterocycles. The van der Waals surface area contributed by atoms with Crippen LogP contribution in [-0.4, -0.2) is 38.9 Å². The zero-order valence-electron chi connectivity index (χ0n) is 16.7. The molecule has 2 aromatic carbocycles. The van der Waals surface area contributed by atoms with Crippen molar-refractivity contribution in [2.24, 2.45) is 0 Å². The number of nitrogens with one attached hydrogen (secondary N) is 1. The van der Waals surface area contributed by atoms with Gasteiger partial charge < -0.3 is 9.64 Å². The molecule has 0 bridgehead atoms. The van der Waals surface area contributed by atoms with Crippen molar-refractivity contribution in [2.75, 3.05) is 24.4 Å². The normalized spacial score (nSPS) is 16.8. The van der Waals surface area contributed by atoms with Gasteiger partial charge in [0.1, 0.15) is 15.9 Å². The maximum Gasteiger partial charge on any atom is 0.265 e. The van der Waals surface area contributed by atoms with Crippen molar-refractivity contribution in [1.82, 2.24) is 4.90 Å². The highest BCUT2D eigenvalue weighted by molar-refractivity contribution is 7.93. The van der Waals surface area contributed by atoms with Crippen molar-refractivity contribution < 1.29 is 17.9 Å². The number of ether oxygens (including phenoxy) is 1. The number of nitrogens with zero attached hydrogens (tertiary/aromatic N) is 1. The molecular formula is C22H21ClN2O4S2. The zero-order chi connectivity index (χ0) is 22.0. The van der Waals surface area contributed by atoms with Crippen LogP contribution in [0.3, 0.4) is 0 Å². The highest BCUT2D eigenvalue weighted by Crippen LogP contribution is 2.29. The molecule has 1 aliphatic heterocycles. The Bertz CT molecular complexity index is 1170. The molecule has 1 aliphatic rings. The summed E-state index contributed by atoms with van der Waals surface area (Å²) >= 11 is 7.08. The van der Waals surface area contributed by atoms with Crippen LogP contribution in [0, 0.1) is 6.92 Å². The Morgan fingerprint density at radius 3 is 2.55 bits per heavy atom. The molecule has 2 heterocycles. The Morgan fingerprint density at radius 2 is 1.84 bits per heavy atom. The molecule has 1 saturated heterocycles. The third-order valence-electron chi connectivity index (χ3n) is 5.01. The van der Waals surface area contributed by atoms with E-state index in [4.69, 9.17) is 16.3 Å². The summed E-state index contributed by atoms with van der Waals surface area (Å²) in [5, 5.41) is 2.25. The number of hydrogen-bond acceptors (Lipinski definition) is 5. The van der Waals surface area contributed by atoms with E-state index in [1.54, 1.807) is 34.5 Å². The Hall–Kier alpha value is -2.39. The first-order chi connectivity index (χ1) is 14.8. The average Bonchev–Trinajstić information content (AvgIpc) is 3.26. The number of sulfonamides is 1. The largest absolute Gasteiger partial charge is 0.370 e. The van der Waals surface area contributed by atoms with Gasteiger partial charge in [0.15, 0.2) is 0 Å². The van der Waals surface area contributed by atoms with Crippen molar-refractivity contribution in [3.63, 3.8) is 0 Å². The Labute approximate surface area is 190 Å². The number of carbonyl (C=O) groups is 1. The predicted molar refractivity (Wildman–Crippen MR) is 122 cm³/mol. The van der Waals surface area contributed by atoms with Gasteiger partial charge in [-0.05, 0) is 48.2 Å². The second kappa shape index (κ2) is 9.00. The molecule has 1 atom stereocenters. The molecule has 31 heavy (non-hydrogen) atoms. The van der Waals surface area contributed by atoms with Crippen molar-refractivity contribution in [1.29, 1.82) is 0 Å². The summed E-state index contributed by atoms with van der Waals surface area (Å²) in [4.78, 5) is 15.0. The topological polar surface area (TPSA) is 75.7 Å². The van der Waals surface area contributed by atoms with E-state index in [2.05, 4.69) is 4.72 Å². The predicted octanol–water partition coefficient (Wildman–Crippen LogP) is 4.72. The van der Waals surface area contributed by atoms with Gasteiger partial charge in [0.25, 0.3) is 15.9 Å². The lowest BCUT2D eigenvalue weighted by atomic mass is 10.1. The molecule has 1 N–H and O–H groups in total. The Balaban J connectivity index is 1.54. The number of benzene rings is 2. The minimum atomic E-state index is -3.90. The second-order valence-corrected chi connectivity index (χ2v) is 10.3. The molecule has 162 valence electrons. The van der Waals surface area contributed by atoms with Gasteiger partial charge in [-0.1, -0.05) is 41.4 Å². The van der Waals surface area contributed by atoms with Crippen molar-refractivity contribution >= 4 is 44.6 Å². The number of aryl methyl sites for hydroxylation is 1. The standard InChI is InChI=1S/C22H21ClN2O4S2/c1-15-2-8-18(9-3-15)24-31(27,28)20-10-13-30-21(20)22(26)25-11-12-29-19(14-25)16-4-6-17(23)7-5-16/h2-10,13,19,24H,11-12,14H2,1H3. The molecule has 1 unspecified atom stereocenters. The number of anilines is 1. The molecule has 0 spiro atoms. The van der Waals surface area contributed by atoms with E-state index in [0.717, 1.165) is 22.5 Å². The molecule has 0 radical (unpaired) electrons. The van der Waals surface area contributed by atoms with Gasteiger partial charge in [-0.3, -0.25) is 9.52 Å². The van der Waals surface area contributed by atoms with E-state index in [0.29, 0.717) is 30.4 Å². The van der Waals surface area contributed by atoms with Crippen LogP contribution >= 0.6 is 22.9 Å². The van der Waals surface area contributed by atoms with Gasteiger partial charge in [0, 0.05) is 17.3 Å². The summed E-state index contributed by atoms with van der Waals surface area (Å²) < 4.78 is 34.3. The van der Waals surface area contributed by atoms with Gasteiger partial charge >= 0.3 is 0 Å². The summed E-state index contributed by atoms with van der Waals surface area (Å²) in [5.74, 6) is -0.318. The monoisotopic (exact) mass is 476 g/mol. The van der Waals surface area contributed by atoms with Crippen molar-refractivity contribution in [3.05, 3.63) is 81.0 Å². The Morgan fingerprint density at radius 1 is 1.13 bits per heavy atom. The first-order valence-corrected chi connectivity index (χ1v) is 12.4. The van der Waals surface area contributed by atoms with E-state index in [1.807, 2.05) is 31.2 Å². The van der Waals surface area contributed by atoms with Crippen LogP contribution in [0.25, 0.3) is 0 Å². The van der Waals surface area contributed by atoms with Gasteiger partial charge in [-0.25, -0.2) is 8.42 Å². The van der Waals surface area contributed by atoms with Gasteiger partial charge in [-0.15, -0.1) is 11.3 Å². The van der Waals surface area contributed by atoms with Crippen LogP contribution in [0.15, 0.2) is 64.9 Å².